The van der Waals surface area contributed by atoms with Gasteiger partial charge in [-0.3, -0.25) is 4.79 Å². The Kier molecular flexibility index (Phi) is 3.95. The highest BCUT2D eigenvalue weighted by atomic mass is 16.2. The summed E-state index contributed by atoms with van der Waals surface area (Å²) in [5.74, 6) is 0.137. The third kappa shape index (κ3) is 2.98. The minimum Gasteiger partial charge on any atom is -0.342 e. The standard InChI is InChI=1S/C16H24N2O/c1-12(13-7-5-4-6-8-13)15(19)18-10-9-14(17)16(2,3)11-18/h4-8,12,14H,9-11,17H2,1-3H3. The Bertz CT molecular complexity index is 441. The number of piperidine rings is 1. The monoisotopic (exact) mass is 260 g/mol. The number of amides is 1. The van der Waals surface area contributed by atoms with E-state index >= 15 is 0 Å². The molecule has 1 aliphatic rings. The molecule has 3 nitrogen and oxygen atoms in total. The Morgan fingerprint density at radius 1 is 1.37 bits per heavy atom. The lowest BCUT2D eigenvalue weighted by molar-refractivity contribution is -0.135. The molecule has 0 aromatic heterocycles. The van der Waals surface area contributed by atoms with Crippen LogP contribution in [0.2, 0.25) is 0 Å². The summed E-state index contributed by atoms with van der Waals surface area (Å²) < 4.78 is 0. The molecule has 1 saturated heterocycles. The summed E-state index contributed by atoms with van der Waals surface area (Å²) in [5, 5.41) is 0. The van der Waals surface area contributed by atoms with Crippen molar-refractivity contribution in [3.05, 3.63) is 35.9 Å². The highest BCUT2D eigenvalue weighted by molar-refractivity contribution is 5.83. The molecule has 0 radical (unpaired) electrons. The van der Waals surface area contributed by atoms with Crippen LogP contribution in [0.5, 0.6) is 0 Å². The summed E-state index contributed by atoms with van der Waals surface area (Å²) in [6.45, 7) is 7.80. The van der Waals surface area contributed by atoms with Crippen LogP contribution in [0.15, 0.2) is 30.3 Å². The van der Waals surface area contributed by atoms with E-state index < -0.39 is 0 Å². The second-order valence-electron chi connectivity index (χ2n) is 6.28. The number of carbonyl (C=O) groups is 1. The van der Waals surface area contributed by atoms with Gasteiger partial charge in [-0.05, 0) is 24.3 Å². The van der Waals surface area contributed by atoms with E-state index in [2.05, 4.69) is 13.8 Å². The molecule has 3 heteroatoms. The predicted octanol–water partition coefficient (Wildman–Crippen LogP) is 2.38. The molecule has 1 amide bonds. The van der Waals surface area contributed by atoms with E-state index in [-0.39, 0.29) is 23.3 Å². The molecule has 2 N–H and O–H groups in total. The number of nitrogens with zero attached hydrogens (tertiary/aromatic N) is 1. The Balaban J connectivity index is 2.08. The van der Waals surface area contributed by atoms with Gasteiger partial charge in [-0.1, -0.05) is 44.2 Å². The van der Waals surface area contributed by atoms with Crippen molar-refractivity contribution in [2.24, 2.45) is 11.1 Å². The van der Waals surface area contributed by atoms with Crippen LogP contribution in [0.3, 0.4) is 0 Å². The predicted molar refractivity (Wildman–Crippen MR) is 77.8 cm³/mol. The van der Waals surface area contributed by atoms with Gasteiger partial charge < -0.3 is 10.6 Å². The second-order valence-corrected chi connectivity index (χ2v) is 6.28. The van der Waals surface area contributed by atoms with E-state index in [4.69, 9.17) is 5.73 Å². The zero-order chi connectivity index (χ0) is 14.0. The molecule has 0 saturated carbocycles. The van der Waals surface area contributed by atoms with Crippen molar-refractivity contribution < 1.29 is 4.79 Å². The largest absolute Gasteiger partial charge is 0.342 e. The Labute approximate surface area is 115 Å². The van der Waals surface area contributed by atoms with Crippen molar-refractivity contribution in [3.63, 3.8) is 0 Å². The van der Waals surface area contributed by atoms with E-state index in [0.717, 1.165) is 25.1 Å². The van der Waals surface area contributed by atoms with Gasteiger partial charge in [-0.25, -0.2) is 0 Å². The van der Waals surface area contributed by atoms with Crippen molar-refractivity contribution in [2.45, 2.75) is 39.2 Å². The van der Waals surface area contributed by atoms with Gasteiger partial charge in [0.25, 0.3) is 0 Å². The van der Waals surface area contributed by atoms with Crippen LogP contribution in [0.1, 0.15) is 38.7 Å². The molecule has 19 heavy (non-hydrogen) atoms. The van der Waals surface area contributed by atoms with Crippen molar-refractivity contribution in [3.8, 4) is 0 Å². The molecular formula is C16H24N2O. The van der Waals surface area contributed by atoms with Crippen molar-refractivity contribution in [2.75, 3.05) is 13.1 Å². The van der Waals surface area contributed by atoms with Crippen LogP contribution in [-0.2, 0) is 4.79 Å². The zero-order valence-corrected chi connectivity index (χ0v) is 12.1. The number of benzene rings is 1. The Morgan fingerprint density at radius 2 is 2.00 bits per heavy atom. The maximum Gasteiger partial charge on any atom is 0.229 e. The number of hydrogen-bond acceptors (Lipinski definition) is 2. The SMILES string of the molecule is CC(C(=O)N1CCC(N)C(C)(C)C1)c1ccccc1. The van der Waals surface area contributed by atoms with Crippen LogP contribution in [-0.4, -0.2) is 29.9 Å². The third-order valence-electron chi connectivity index (χ3n) is 4.29. The molecule has 1 aromatic rings. The smallest absolute Gasteiger partial charge is 0.229 e. The molecular weight excluding hydrogens is 236 g/mol. The van der Waals surface area contributed by atoms with Crippen molar-refractivity contribution >= 4 is 5.91 Å². The molecule has 1 aromatic carbocycles. The minimum absolute atomic E-state index is 0.00428. The number of nitrogens with two attached hydrogens (primary N) is 1. The first-order valence-corrected chi connectivity index (χ1v) is 7.01. The van der Waals surface area contributed by atoms with Gasteiger partial charge in [-0.15, -0.1) is 0 Å². The highest BCUT2D eigenvalue weighted by Gasteiger charge is 2.36. The van der Waals surface area contributed by atoms with Gasteiger partial charge in [0.05, 0.1) is 5.92 Å². The molecule has 2 atom stereocenters. The summed E-state index contributed by atoms with van der Waals surface area (Å²) in [7, 11) is 0. The molecule has 0 bridgehead atoms. The Hall–Kier alpha value is -1.35. The van der Waals surface area contributed by atoms with E-state index in [9.17, 15) is 4.79 Å². The van der Waals surface area contributed by atoms with Crippen LogP contribution in [0, 0.1) is 5.41 Å². The number of rotatable bonds is 2. The minimum atomic E-state index is -0.0775. The van der Waals surface area contributed by atoms with Gasteiger partial charge in [-0.2, -0.15) is 0 Å². The number of likely N-dealkylation sites (tertiary alicyclic amines) is 1. The molecule has 2 rings (SSSR count). The van der Waals surface area contributed by atoms with Gasteiger partial charge in [0.15, 0.2) is 0 Å². The first-order chi connectivity index (χ1) is 8.92. The van der Waals surface area contributed by atoms with Gasteiger partial charge in [0.1, 0.15) is 0 Å². The summed E-state index contributed by atoms with van der Waals surface area (Å²) in [6.07, 6.45) is 0.889. The normalized spacial score (nSPS) is 24.0. The fraction of sp³-hybridized carbons (Fsp3) is 0.562. The third-order valence-corrected chi connectivity index (χ3v) is 4.29. The van der Waals surface area contributed by atoms with Crippen LogP contribution < -0.4 is 5.73 Å². The first-order valence-electron chi connectivity index (χ1n) is 7.01. The molecule has 0 spiro atoms. The summed E-state index contributed by atoms with van der Waals surface area (Å²) in [4.78, 5) is 14.6. The lowest BCUT2D eigenvalue weighted by atomic mass is 9.79. The van der Waals surface area contributed by atoms with Gasteiger partial charge in [0, 0.05) is 19.1 Å². The first kappa shape index (κ1) is 14.1. The summed E-state index contributed by atoms with van der Waals surface area (Å²) in [5.41, 5.74) is 7.21. The lowest BCUT2D eigenvalue weighted by Gasteiger charge is -2.43. The van der Waals surface area contributed by atoms with E-state index in [1.165, 1.54) is 0 Å². The van der Waals surface area contributed by atoms with Crippen molar-refractivity contribution in [1.82, 2.24) is 4.90 Å². The average Bonchev–Trinajstić information content (AvgIpc) is 2.41. The summed E-state index contributed by atoms with van der Waals surface area (Å²) in [6, 6.07) is 10.2. The van der Waals surface area contributed by atoms with Gasteiger partial charge in [0.2, 0.25) is 5.91 Å². The molecule has 1 fully saturated rings. The highest BCUT2D eigenvalue weighted by Crippen LogP contribution is 2.29. The van der Waals surface area contributed by atoms with Gasteiger partial charge >= 0.3 is 0 Å². The average molecular weight is 260 g/mol. The van der Waals surface area contributed by atoms with Crippen LogP contribution in [0.25, 0.3) is 0 Å². The lowest BCUT2D eigenvalue weighted by Crippen LogP contribution is -2.54. The molecule has 1 aliphatic heterocycles. The maximum atomic E-state index is 12.6. The fourth-order valence-corrected chi connectivity index (χ4v) is 2.72. The number of carbonyl (C=O) groups excluding carboxylic acids is 1. The topological polar surface area (TPSA) is 46.3 Å². The van der Waals surface area contributed by atoms with Crippen LogP contribution in [0.4, 0.5) is 0 Å². The zero-order valence-electron chi connectivity index (χ0n) is 12.1. The number of hydrogen-bond donors (Lipinski definition) is 1. The van der Waals surface area contributed by atoms with E-state index in [1.807, 2.05) is 42.2 Å². The maximum absolute atomic E-state index is 12.6. The van der Waals surface area contributed by atoms with E-state index in [0.29, 0.717) is 0 Å². The molecule has 0 aliphatic carbocycles. The molecule has 2 unspecified atom stereocenters. The second kappa shape index (κ2) is 5.33. The van der Waals surface area contributed by atoms with Crippen molar-refractivity contribution in [1.29, 1.82) is 0 Å². The van der Waals surface area contributed by atoms with E-state index in [1.54, 1.807) is 0 Å². The molecule has 1 heterocycles. The molecule has 104 valence electrons. The quantitative estimate of drug-likeness (QED) is 0.887. The van der Waals surface area contributed by atoms with Crippen LogP contribution >= 0.6 is 0 Å². The fourth-order valence-electron chi connectivity index (χ4n) is 2.72. The Morgan fingerprint density at radius 3 is 2.58 bits per heavy atom. The summed E-state index contributed by atoms with van der Waals surface area (Å²) >= 11 is 0.